The molecule has 2 heterocycles. The minimum Gasteiger partial charge on any atom is -0.385 e. The first kappa shape index (κ1) is 10.4. The number of aryl methyl sites for hydroxylation is 1. The number of nitrogens with zero attached hydrogens (tertiary/aromatic N) is 2. The van der Waals surface area contributed by atoms with Gasteiger partial charge in [0.2, 0.25) is 0 Å². The molecule has 0 bridgehead atoms. The Kier molecular flexibility index (Phi) is 2.88. The Hall–Kier alpha value is -1.14. The normalized spacial score (nSPS) is 21.7. The van der Waals surface area contributed by atoms with Gasteiger partial charge in [-0.3, -0.25) is 5.41 Å². The molecule has 0 amide bonds. The van der Waals surface area contributed by atoms with Gasteiger partial charge in [-0.2, -0.15) is 0 Å². The number of nitrogens with two attached hydrogens (primary N) is 1. The van der Waals surface area contributed by atoms with Gasteiger partial charge in [-0.15, -0.1) is 11.3 Å². The van der Waals surface area contributed by atoms with Crippen molar-refractivity contribution in [1.82, 2.24) is 4.98 Å². The second-order valence-electron chi connectivity index (χ2n) is 3.53. The predicted octanol–water partition coefficient (Wildman–Crippen LogP) is 0.593. The lowest BCUT2D eigenvalue weighted by molar-refractivity contribution is 0.0826. The molecule has 1 aromatic heterocycles. The van der Waals surface area contributed by atoms with Gasteiger partial charge >= 0.3 is 0 Å². The van der Waals surface area contributed by atoms with Crippen LogP contribution in [0, 0.1) is 12.3 Å². The van der Waals surface area contributed by atoms with Crippen molar-refractivity contribution in [3.8, 4) is 0 Å². The summed E-state index contributed by atoms with van der Waals surface area (Å²) in [7, 11) is 0. The minimum absolute atomic E-state index is 0.0907. The minimum atomic E-state index is -0.289. The van der Waals surface area contributed by atoms with Crippen molar-refractivity contribution in [3.05, 3.63) is 11.1 Å². The monoisotopic (exact) mass is 226 g/mol. The van der Waals surface area contributed by atoms with Crippen molar-refractivity contribution in [2.24, 2.45) is 5.73 Å². The van der Waals surface area contributed by atoms with E-state index in [0.717, 1.165) is 17.4 Å². The summed E-state index contributed by atoms with van der Waals surface area (Å²) in [6, 6.07) is 0. The van der Waals surface area contributed by atoms with Gasteiger partial charge in [0.15, 0.2) is 5.13 Å². The van der Waals surface area contributed by atoms with Crippen LogP contribution in [0.5, 0.6) is 0 Å². The van der Waals surface area contributed by atoms with Crippen LogP contribution in [-0.2, 0) is 4.74 Å². The lowest BCUT2D eigenvalue weighted by atomic mass is 10.2. The first-order valence-corrected chi connectivity index (χ1v) is 5.67. The van der Waals surface area contributed by atoms with E-state index in [2.05, 4.69) is 9.88 Å². The number of hydrogen-bond acceptors (Lipinski definition) is 5. The van der Waals surface area contributed by atoms with Crippen molar-refractivity contribution in [2.75, 3.05) is 24.6 Å². The van der Waals surface area contributed by atoms with Crippen molar-refractivity contribution in [3.63, 3.8) is 0 Å². The maximum atomic E-state index is 7.36. The van der Waals surface area contributed by atoms with Gasteiger partial charge in [0.25, 0.3) is 0 Å². The molecule has 5 nitrogen and oxygen atoms in total. The van der Waals surface area contributed by atoms with Crippen molar-refractivity contribution < 1.29 is 4.74 Å². The Morgan fingerprint density at radius 3 is 3.20 bits per heavy atom. The summed E-state index contributed by atoms with van der Waals surface area (Å²) in [5, 5.41) is 10.4. The molecule has 0 spiro atoms. The standard InChI is InChI=1S/C9H14N4OS/c1-6-5-15-9(12-6)13-2-3-14-7(4-13)8(10)11/h5,7H,2-4H2,1H3,(H3,10,11). The molecule has 1 aromatic rings. The molecule has 1 fully saturated rings. The fraction of sp³-hybridized carbons (Fsp3) is 0.556. The predicted molar refractivity (Wildman–Crippen MR) is 60.7 cm³/mol. The van der Waals surface area contributed by atoms with Crippen molar-refractivity contribution in [1.29, 1.82) is 5.41 Å². The summed E-state index contributed by atoms with van der Waals surface area (Å²) in [5.41, 5.74) is 6.46. The van der Waals surface area contributed by atoms with Crippen LogP contribution in [0.25, 0.3) is 0 Å². The number of rotatable bonds is 2. The third kappa shape index (κ3) is 2.27. The Labute approximate surface area is 92.4 Å². The quantitative estimate of drug-likeness (QED) is 0.572. The molecule has 0 saturated carbocycles. The van der Waals surface area contributed by atoms with E-state index < -0.39 is 0 Å². The first-order valence-electron chi connectivity index (χ1n) is 4.79. The molecular formula is C9H14N4OS. The smallest absolute Gasteiger partial charge is 0.185 e. The number of nitrogens with one attached hydrogen (secondary N) is 1. The van der Waals surface area contributed by atoms with Crippen LogP contribution in [0.4, 0.5) is 5.13 Å². The highest BCUT2D eigenvalue weighted by Crippen LogP contribution is 2.22. The van der Waals surface area contributed by atoms with Crippen molar-refractivity contribution >= 4 is 22.3 Å². The number of morpholine rings is 1. The maximum Gasteiger partial charge on any atom is 0.185 e. The van der Waals surface area contributed by atoms with E-state index in [4.69, 9.17) is 15.9 Å². The zero-order valence-corrected chi connectivity index (χ0v) is 9.38. The fourth-order valence-corrected chi connectivity index (χ4v) is 2.34. The molecule has 1 aliphatic rings. The summed E-state index contributed by atoms with van der Waals surface area (Å²) in [5.74, 6) is 0.0907. The molecule has 0 radical (unpaired) electrons. The van der Waals surface area contributed by atoms with Gasteiger partial charge in [0.1, 0.15) is 11.9 Å². The zero-order chi connectivity index (χ0) is 10.8. The molecule has 1 unspecified atom stereocenters. The fourth-order valence-electron chi connectivity index (χ4n) is 1.50. The van der Waals surface area contributed by atoms with Crippen LogP contribution in [0.3, 0.4) is 0 Å². The third-order valence-corrected chi connectivity index (χ3v) is 3.31. The van der Waals surface area contributed by atoms with Gasteiger partial charge in [-0.05, 0) is 6.92 Å². The number of aromatic nitrogens is 1. The van der Waals surface area contributed by atoms with E-state index in [1.165, 1.54) is 0 Å². The van der Waals surface area contributed by atoms with Crippen molar-refractivity contribution in [2.45, 2.75) is 13.0 Å². The van der Waals surface area contributed by atoms with Gasteiger partial charge in [0, 0.05) is 11.9 Å². The molecule has 6 heteroatoms. The molecule has 1 atom stereocenters. The Bertz CT molecular complexity index is 365. The molecular weight excluding hydrogens is 212 g/mol. The molecule has 15 heavy (non-hydrogen) atoms. The van der Waals surface area contributed by atoms with Crippen LogP contribution in [-0.4, -0.2) is 36.6 Å². The lowest BCUT2D eigenvalue weighted by Gasteiger charge is -2.31. The van der Waals surface area contributed by atoms with E-state index in [1.807, 2.05) is 12.3 Å². The molecule has 2 rings (SSSR count). The molecule has 0 aromatic carbocycles. The second kappa shape index (κ2) is 4.16. The van der Waals surface area contributed by atoms with E-state index in [9.17, 15) is 0 Å². The SMILES string of the molecule is Cc1csc(N2CCOC(C(=N)N)C2)n1. The van der Waals surface area contributed by atoms with Gasteiger partial charge in [0.05, 0.1) is 18.8 Å². The van der Waals surface area contributed by atoms with Crippen LogP contribution in [0.1, 0.15) is 5.69 Å². The van der Waals surface area contributed by atoms with E-state index in [1.54, 1.807) is 11.3 Å². The first-order chi connectivity index (χ1) is 7.16. The number of amidine groups is 1. The van der Waals surface area contributed by atoms with Gasteiger partial charge < -0.3 is 15.4 Å². The molecule has 3 N–H and O–H groups in total. The van der Waals surface area contributed by atoms with E-state index in [-0.39, 0.29) is 11.9 Å². The zero-order valence-electron chi connectivity index (χ0n) is 8.56. The summed E-state index contributed by atoms with van der Waals surface area (Å²) in [4.78, 5) is 6.52. The summed E-state index contributed by atoms with van der Waals surface area (Å²) >= 11 is 1.62. The number of anilines is 1. The third-order valence-electron chi connectivity index (χ3n) is 2.29. The topological polar surface area (TPSA) is 75.2 Å². The summed E-state index contributed by atoms with van der Waals surface area (Å²) in [6.45, 7) is 4.02. The molecule has 1 aliphatic heterocycles. The summed E-state index contributed by atoms with van der Waals surface area (Å²) in [6.07, 6.45) is -0.289. The molecule has 0 aliphatic carbocycles. The number of thiazole rings is 1. The maximum absolute atomic E-state index is 7.36. The number of hydrogen-bond donors (Lipinski definition) is 2. The van der Waals surface area contributed by atoms with Gasteiger partial charge in [-0.1, -0.05) is 0 Å². The largest absolute Gasteiger partial charge is 0.385 e. The Morgan fingerprint density at radius 1 is 1.80 bits per heavy atom. The highest BCUT2D eigenvalue weighted by atomic mass is 32.1. The van der Waals surface area contributed by atoms with E-state index >= 15 is 0 Å². The molecule has 1 saturated heterocycles. The van der Waals surface area contributed by atoms with Crippen LogP contribution in [0.15, 0.2) is 5.38 Å². The summed E-state index contributed by atoms with van der Waals surface area (Å²) < 4.78 is 5.38. The second-order valence-corrected chi connectivity index (χ2v) is 4.37. The highest BCUT2D eigenvalue weighted by Gasteiger charge is 2.24. The average Bonchev–Trinajstić information content (AvgIpc) is 2.65. The van der Waals surface area contributed by atoms with E-state index in [0.29, 0.717) is 13.2 Å². The van der Waals surface area contributed by atoms with Crippen LogP contribution >= 0.6 is 11.3 Å². The highest BCUT2D eigenvalue weighted by molar-refractivity contribution is 7.13. The number of ether oxygens (including phenoxy) is 1. The van der Waals surface area contributed by atoms with Crippen LogP contribution in [0.2, 0.25) is 0 Å². The average molecular weight is 226 g/mol. The van der Waals surface area contributed by atoms with Crippen LogP contribution < -0.4 is 10.6 Å². The Balaban J connectivity index is 2.07. The van der Waals surface area contributed by atoms with Gasteiger partial charge in [-0.25, -0.2) is 4.98 Å². The Morgan fingerprint density at radius 2 is 2.60 bits per heavy atom. The lowest BCUT2D eigenvalue weighted by Crippen LogP contribution is -2.48. The molecule has 82 valence electrons.